The van der Waals surface area contributed by atoms with Crippen LogP contribution in [0.4, 0.5) is 10.1 Å². The molecule has 112 valence electrons. The molecule has 0 aliphatic rings. The van der Waals surface area contributed by atoms with Crippen LogP contribution in [-0.2, 0) is 10.0 Å². The summed E-state index contributed by atoms with van der Waals surface area (Å²) in [5, 5.41) is 10.5. The number of hydrogen-bond donors (Lipinski definition) is 0. The fraction of sp³-hybridized carbons (Fsp3) is 0.500. The molecule has 0 bridgehead atoms. The molecule has 0 aliphatic carbocycles. The van der Waals surface area contributed by atoms with Gasteiger partial charge in [0.15, 0.2) is 0 Å². The van der Waals surface area contributed by atoms with Gasteiger partial charge in [-0.05, 0) is 12.0 Å². The standard InChI is InChI=1S/C12H17FN2O4S/c1-4-14(8-9(2)3)20(18,19)10-5-6-12(15(16)17)11(13)7-10/h5-7,9H,4,8H2,1-3H3. The van der Waals surface area contributed by atoms with Gasteiger partial charge in [0, 0.05) is 25.2 Å². The summed E-state index contributed by atoms with van der Waals surface area (Å²) in [5.74, 6) is -1.04. The molecule has 0 atom stereocenters. The topological polar surface area (TPSA) is 80.5 Å². The highest BCUT2D eigenvalue weighted by molar-refractivity contribution is 7.89. The van der Waals surface area contributed by atoms with Gasteiger partial charge >= 0.3 is 5.69 Å². The molecule has 0 fully saturated rings. The second kappa shape index (κ2) is 6.27. The molecule has 1 aromatic carbocycles. The van der Waals surface area contributed by atoms with Gasteiger partial charge in [-0.3, -0.25) is 10.1 Å². The minimum Gasteiger partial charge on any atom is -0.258 e. The van der Waals surface area contributed by atoms with Gasteiger partial charge in [-0.1, -0.05) is 20.8 Å². The molecule has 0 saturated heterocycles. The predicted octanol–water partition coefficient (Wildman–Crippen LogP) is 2.40. The maximum atomic E-state index is 13.5. The predicted molar refractivity (Wildman–Crippen MR) is 72.3 cm³/mol. The zero-order chi connectivity index (χ0) is 15.5. The fourth-order valence-electron chi connectivity index (χ4n) is 1.75. The van der Waals surface area contributed by atoms with Crippen LogP contribution in [0.15, 0.2) is 23.1 Å². The summed E-state index contributed by atoms with van der Waals surface area (Å²) in [6.45, 7) is 5.97. The highest BCUT2D eigenvalue weighted by Gasteiger charge is 2.26. The Morgan fingerprint density at radius 1 is 1.40 bits per heavy atom. The summed E-state index contributed by atoms with van der Waals surface area (Å²) in [4.78, 5) is 9.36. The van der Waals surface area contributed by atoms with Gasteiger partial charge in [0.1, 0.15) is 0 Å². The second-order valence-electron chi connectivity index (χ2n) is 4.72. The third-order valence-electron chi connectivity index (χ3n) is 2.68. The summed E-state index contributed by atoms with van der Waals surface area (Å²) in [5.41, 5.74) is -0.740. The molecular formula is C12H17FN2O4S. The molecule has 1 aromatic rings. The minimum absolute atomic E-state index is 0.118. The summed E-state index contributed by atoms with van der Waals surface area (Å²) in [6, 6.07) is 2.61. The van der Waals surface area contributed by atoms with Crippen molar-refractivity contribution < 1.29 is 17.7 Å². The van der Waals surface area contributed by atoms with Crippen molar-refractivity contribution in [1.82, 2.24) is 4.31 Å². The quantitative estimate of drug-likeness (QED) is 0.597. The van der Waals surface area contributed by atoms with Gasteiger partial charge in [-0.25, -0.2) is 8.42 Å². The van der Waals surface area contributed by atoms with Crippen LogP contribution in [0, 0.1) is 21.8 Å². The fourth-order valence-corrected chi connectivity index (χ4v) is 3.37. The van der Waals surface area contributed by atoms with E-state index < -0.39 is 26.5 Å². The average molecular weight is 304 g/mol. The summed E-state index contributed by atoms with van der Waals surface area (Å²) < 4.78 is 39.4. The minimum atomic E-state index is -3.84. The Kier molecular flexibility index (Phi) is 5.18. The SMILES string of the molecule is CCN(CC(C)C)S(=O)(=O)c1ccc([N+](=O)[O-])c(F)c1. The molecule has 8 heteroatoms. The van der Waals surface area contributed by atoms with Crippen LogP contribution in [0.1, 0.15) is 20.8 Å². The molecule has 0 spiro atoms. The van der Waals surface area contributed by atoms with Crippen molar-refractivity contribution in [3.63, 3.8) is 0 Å². The normalized spacial score (nSPS) is 12.1. The van der Waals surface area contributed by atoms with Crippen LogP contribution in [0.5, 0.6) is 0 Å². The Morgan fingerprint density at radius 3 is 2.40 bits per heavy atom. The first-order chi connectivity index (χ1) is 9.20. The van der Waals surface area contributed by atoms with Crippen molar-refractivity contribution in [2.75, 3.05) is 13.1 Å². The lowest BCUT2D eigenvalue weighted by molar-refractivity contribution is -0.387. The Morgan fingerprint density at radius 2 is 2.00 bits per heavy atom. The van der Waals surface area contributed by atoms with Crippen molar-refractivity contribution >= 4 is 15.7 Å². The van der Waals surface area contributed by atoms with E-state index in [1.165, 1.54) is 4.31 Å². The Balaban J connectivity index is 3.21. The lowest BCUT2D eigenvalue weighted by Gasteiger charge is -2.22. The van der Waals surface area contributed by atoms with E-state index in [1.807, 2.05) is 13.8 Å². The first-order valence-electron chi connectivity index (χ1n) is 6.14. The van der Waals surface area contributed by atoms with Crippen LogP contribution in [-0.4, -0.2) is 30.7 Å². The molecular weight excluding hydrogens is 287 g/mol. The number of nitro groups is 1. The molecule has 0 unspecified atom stereocenters. The maximum Gasteiger partial charge on any atom is 0.304 e. The van der Waals surface area contributed by atoms with E-state index in [0.717, 1.165) is 12.1 Å². The van der Waals surface area contributed by atoms with E-state index in [-0.39, 0.29) is 17.4 Å². The molecule has 0 aliphatic heterocycles. The smallest absolute Gasteiger partial charge is 0.258 e. The largest absolute Gasteiger partial charge is 0.304 e. The van der Waals surface area contributed by atoms with E-state index in [2.05, 4.69) is 0 Å². The van der Waals surface area contributed by atoms with Crippen LogP contribution in [0.2, 0.25) is 0 Å². The van der Waals surface area contributed by atoms with Crippen molar-refractivity contribution in [2.45, 2.75) is 25.7 Å². The average Bonchev–Trinajstić information content (AvgIpc) is 2.34. The summed E-state index contributed by atoms with van der Waals surface area (Å²) >= 11 is 0. The Bertz CT molecular complexity index is 601. The van der Waals surface area contributed by atoms with Gasteiger partial charge in [-0.15, -0.1) is 0 Å². The van der Waals surface area contributed by atoms with E-state index in [9.17, 15) is 22.9 Å². The maximum absolute atomic E-state index is 13.5. The summed E-state index contributed by atoms with van der Waals surface area (Å²) in [7, 11) is -3.84. The van der Waals surface area contributed by atoms with Crippen molar-refractivity contribution in [2.24, 2.45) is 5.92 Å². The van der Waals surface area contributed by atoms with Gasteiger partial charge < -0.3 is 0 Å². The van der Waals surface area contributed by atoms with E-state index in [4.69, 9.17) is 0 Å². The number of nitro benzene ring substituents is 1. The molecule has 20 heavy (non-hydrogen) atoms. The molecule has 0 amide bonds. The number of nitrogens with zero attached hydrogens (tertiary/aromatic N) is 2. The van der Waals surface area contributed by atoms with Crippen molar-refractivity contribution in [3.05, 3.63) is 34.1 Å². The van der Waals surface area contributed by atoms with E-state index in [1.54, 1.807) is 6.92 Å². The van der Waals surface area contributed by atoms with Crippen LogP contribution in [0.25, 0.3) is 0 Å². The number of hydrogen-bond acceptors (Lipinski definition) is 4. The lowest BCUT2D eigenvalue weighted by atomic mass is 10.2. The third-order valence-corrected chi connectivity index (χ3v) is 4.61. The Labute approximate surface area is 117 Å². The molecule has 0 saturated carbocycles. The first kappa shape index (κ1) is 16.5. The van der Waals surface area contributed by atoms with Crippen LogP contribution in [0.3, 0.4) is 0 Å². The number of halogens is 1. The van der Waals surface area contributed by atoms with E-state index in [0.29, 0.717) is 12.6 Å². The summed E-state index contributed by atoms with van der Waals surface area (Å²) in [6.07, 6.45) is 0. The molecule has 1 rings (SSSR count). The monoisotopic (exact) mass is 304 g/mol. The van der Waals surface area contributed by atoms with E-state index >= 15 is 0 Å². The number of benzene rings is 1. The van der Waals surface area contributed by atoms with Gasteiger partial charge in [0.05, 0.1) is 9.82 Å². The molecule has 0 aromatic heterocycles. The number of sulfonamides is 1. The zero-order valence-corrected chi connectivity index (χ0v) is 12.4. The van der Waals surface area contributed by atoms with Crippen LogP contribution < -0.4 is 0 Å². The van der Waals surface area contributed by atoms with Crippen LogP contribution >= 0.6 is 0 Å². The highest BCUT2D eigenvalue weighted by Crippen LogP contribution is 2.23. The molecule has 0 radical (unpaired) electrons. The van der Waals surface area contributed by atoms with Gasteiger partial charge in [0.25, 0.3) is 0 Å². The van der Waals surface area contributed by atoms with Gasteiger partial charge in [-0.2, -0.15) is 8.70 Å². The van der Waals surface area contributed by atoms with Crippen molar-refractivity contribution in [3.8, 4) is 0 Å². The highest BCUT2D eigenvalue weighted by atomic mass is 32.2. The third kappa shape index (κ3) is 3.51. The molecule has 0 N–H and O–H groups in total. The lowest BCUT2D eigenvalue weighted by Crippen LogP contribution is -2.34. The first-order valence-corrected chi connectivity index (χ1v) is 7.58. The molecule has 0 heterocycles. The van der Waals surface area contributed by atoms with Gasteiger partial charge in [0.2, 0.25) is 15.8 Å². The Hall–Kier alpha value is -1.54. The number of rotatable bonds is 6. The molecule has 6 nitrogen and oxygen atoms in total. The second-order valence-corrected chi connectivity index (χ2v) is 6.66. The van der Waals surface area contributed by atoms with Crippen molar-refractivity contribution in [1.29, 1.82) is 0 Å². The zero-order valence-electron chi connectivity index (χ0n) is 11.5.